The van der Waals surface area contributed by atoms with Crippen LogP contribution in [0.2, 0.25) is 0 Å². The molecule has 1 aromatic carbocycles. The SMILES string of the molecule is CN(Cc1cnn(C)c1)Cc1cc2c(cc1Br)OCCO2. The number of halogens is 1. The smallest absolute Gasteiger partial charge is 0.162 e. The first kappa shape index (κ1) is 14.4. The molecule has 112 valence electrons. The van der Waals surface area contributed by atoms with Crippen molar-refractivity contribution in [1.82, 2.24) is 14.7 Å². The van der Waals surface area contributed by atoms with Gasteiger partial charge in [-0.3, -0.25) is 9.58 Å². The number of rotatable bonds is 4. The molecule has 0 atom stereocenters. The molecule has 21 heavy (non-hydrogen) atoms. The van der Waals surface area contributed by atoms with E-state index in [0.717, 1.165) is 29.1 Å². The zero-order valence-corrected chi connectivity index (χ0v) is 13.8. The van der Waals surface area contributed by atoms with Gasteiger partial charge in [0.25, 0.3) is 0 Å². The van der Waals surface area contributed by atoms with Crippen molar-refractivity contribution in [3.05, 3.63) is 40.1 Å². The summed E-state index contributed by atoms with van der Waals surface area (Å²) >= 11 is 3.61. The number of hydrogen-bond donors (Lipinski definition) is 0. The van der Waals surface area contributed by atoms with Gasteiger partial charge in [0, 0.05) is 36.4 Å². The van der Waals surface area contributed by atoms with E-state index in [2.05, 4.69) is 39.0 Å². The normalized spacial score (nSPS) is 13.7. The number of aryl methyl sites for hydroxylation is 1. The van der Waals surface area contributed by atoms with Crippen LogP contribution in [-0.2, 0) is 20.1 Å². The first-order chi connectivity index (χ1) is 10.1. The van der Waals surface area contributed by atoms with E-state index >= 15 is 0 Å². The lowest BCUT2D eigenvalue weighted by molar-refractivity contribution is 0.171. The second-order valence-corrected chi connectivity index (χ2v) is 6.14. The molecule has 0 aliphatic carbocycles. The first-order valence-electron chi connectivity index (χ1n) is 6.86. The molecule has 0 fully saturated rings. The second kappa shape index (κ2) is 6.07. The standard InChI is InChI=1S/C15H18BrN3O2/c1-18(8-11-7-17-19(2)9-11)10-12-5-14-15(6-13(12)16)21-4-3-20-14/h5-7,9H,3-4,8,10H2,1-2H3. The summed E-state index contributed by atoms with van der Waals surface area (Å²) in [5.74, 6) is 1.64. The fourth-order valence-corrected chi connectivity index (χ4v) is 2.89. The van der Waals surface area contributed by atoms with Crippen LogP contribution in [0.4, 0.5) is 0 Å². The summed E-state index contributed by atoms with van der Waals surface area (Å²) in [5.41, 5.74) is 2.39. The molecule has 1 aromatic heterocycles. The predicted octanol–water partition coefficient (Wildman–Crippen LogP) is 2.59. The molecule has 0 saturated carbocycles. The van der Waals surface area contributed by atoms with Gasteiger partial charge in [-0.05, 0) is 24.7 Å². The molecule has 2 aromatic rings. The van der Waals surface area contributed by atoms with Crippen molar-refractivity contribution in [2.75, 3.05) is 20.3 Å². The minimum Gasteiger partial charge on any atom is -0.486 e. The maximum absolute atomic E-state index is 5.64. The summed E-state index contributed by atoms with van der Waals surface area (Å²) in [5, 5.41) is 4.20. The minimum absolute atomic E-state index is 0.611. The molecule has 0 spiro atoms. The second-order valence-electron chi connectivity index (χ2n) is 5.28. The summed E-state index contributed by atoms with van der Waals surface area (Å²) < 4.78 is 14.1. The number of hydrogen-bond acceptors (Lipinski definition) is 4. The van der Waals surface area contributed by atoms with E-state index in [9.17, 15) is 0 Å². The van der Waals surface area contributed by atoms with E-state index in [1.807, 2.05) is 30.2 Å². The summed E-state index contributed by atoms with van der Waals surface area (Å²) in [6.45, 7) is 2.90. The van der Waals surface area contributed by atoms with Gasteiger partial charge in [-0.25, -0.2) is 0 Å². The molecule has 0 N–H and O–H groups in total. The van der Waals surface area contributed by atoms with Gasteiger partial charge < -0.3 is 9.47 Å². The van der Waals surface area contributed by atoms with Crippen LogP contribution in [0, 0.1) is 0 Å². The first-order valence-corrected chi connectivity index (χ1v) is 7.65. The predicted molar refractivity (Wildman–Crippen MR) is 83.5 cm³/mol. The highest BCUT2D eigenvalue weighted by Gasteiger charge is 2.15. The Bertz CT molecular complexity index is 642. The molecule has 2 heterocycles. The highest BCUT2D eigenvalue weighted by molar-refractivity contribution is 9.10. The van der Waals surface area contributed by atoms with Gasteiger partial charge in [-0.2, -0.15) is 5.10 Å². The van der Waals surface area contributed by atoms with Crippen LogP contribution < -0.4 is 9.47 Å². The summed E-state index contributed by atoms with van der Waals surface area (Å²) in [6, 6.07) is 4.04. The van der Waals surface area contributed by atoms with Gasteiger partial charge >= 0.3 is 0 Å². The number of nitrogens with zero attached hydrogens (tertiary/aromatic N) is 3. The Morgan fingerprint density at radius 3 is 2.62 bits per heavy atom. The van der Waals surface area contributed by atoms with Crippen LogP contribution in [-0.4, -0.2) is 34.9 Å². The Labute approximate surface area is 132 Å². The molecule has 5 nitrogen and oxygen atoms in total. The molecular weight excluding hydrogens is 334 g/mol. The largest absolute Gasteiger partial charge is 0.486 e. The van der Waals surface area contributed by atoms with Gasteiger partial charge in [-0.15, -0.1) is 0 Å². The van der Waals surface area contributed by atoms with Crippen LogP contribution in [0.15, 0.2) is 29.0 Å². The lowest BCUT2D eigenvalue weighted by Gasteiger charge is -2.22. The third-order valence-electron chi connectivity index (χ3n) is 3.36. The quantitative estimate of drug-likeness (QED) is 0.848. The molecule has 6 heteroatoms. The molecule has 0 unspecified atom stereocenters. The summed E-state index contributed by atoms with van der Waals surface area (Å²) in [6.07, 6.45) is 3.94. The third-order valence-corrected chi connectivity index (χ3v) is 4.10. The van der Waals surface area contributed by atoms with Gasteiger partial charge in [0.2, 0.25) is 0 Å². The topological polar surface area (TPSA) is 39.5 Å². The number of ether oxygens (including phenoxy) is 2. The van der Waals surface area contributed by atoms with Crippen molar-refractivity contribution < 1.29 is 9.47 Å². The van der Waals surface area contributed by atoms with Crippen molar-refractivity contribution in [1.29, 1.82) is 0 Å². The maximum Gasteiger partial charge on any atom is 0.162 e. The third kappa shape index (κ3) is 3.39. The van der Waals surface area contributed by atoms with Crippen LogP contribution >= 0.6 is 15.9 Å². The maximum atomic E-state index is 5.64. The van der Waals surface area contributed by atoms with Crippen LogP contribution in [0.25, 0.3) is 0 Å². The monoisotopic (exact) mass is 351 g/mol. The van der Waals surface area contributed by atoms with Crippen molar-refractivity contribution in [3.63, 3.8) is 0 Å². The van der Waals surface area contributed by atoms with Crippen LogP contribution in [0.3, 0.4) is 0 Å². The Morgan fingerprint density at radius 1 is 1.24 bits per heavy atom. The van der Waals surface area contributed by atoms with E-state index < -0.39 is 0 Å². The van der Waals surface area contributed by atoms with Crippen LogP contribution in [0.1, 0.15) is 11.1 Å². The zero-order chi connectivity index (χ0) is 14.8. The highest BCUT2D eigenvalue weighted by atomic mass is 79.9. The lowest BCUT2D eigenvalue weighted by Crippen LogP contribution is -2.19. The number of benzene rings is 1. The van der Waals surface area contributed by atoms with E-state index in [1.54, 1.807) is 0 Å². The molecule has 1 aliphatic heterocycles. The molecule has 0 amide bonds. The lowest BCUT2D eigenvalue weighted by atomic mass is 10.1. The molecule has 0 radical (unpaired) electrons. The number of aromatic nitrogens is 2. The Balaban J connectivity index is 1.71. The molecule has 3 rings (SSSR count). The van der Waals surface area contributed by atoms with Crippen LogP contribution in [0.5, 0.6) is 11.5 Å². The van der Waals surface area contributed by atoms with E-state index in [4.69, 9.17) is 9.47 Å². The fraction of sp³-hybridized carbons (Fsp3) is 0.400. The Kier molecular flexibility index (Phi) is 4.17. The van der Waals surface area contributed by atoms with Crippen molar-refractivity contribution in [2.45, 2.75) is 13.1 Å². The molecule has 0 saturated heterocycles. The Morgan fingerprint density at radius 2 is 1.95 bits per heavy atom. The van der Waals surface area contributed by atoms with E-state index in [1.165, 1.54) is 11.1 Å². The van der Waals surface area contributed by atoms with Gasteiger partial charge in [0.05, 0.1) is 6.20 Å². The average Bonchev–Trinajstić information content (AvgIpc) is 2.85. The average molecular weight is 352 g/mol. The minimum atomic E-state index is 0.611. The highest BCUT2D eigenvalue weighted by Crippen LogP contribution is 2.35. The summed E-state index contributed by atoms with van der Waals surface area (Å²) in [7, 11) is 4.02. The zero-order valence-electron chi connectivity index (χ0n) is 12.2. The molecule has 1 aliphatic rings. The van der Waals surface area contributed by atoms with E-state index in [-0.39, 0.29) is 0 Å². The molecular formula is C15H18BrN3O2. The van der Waals surface area contributed by atoms with E-state index in [0.29, 0.717) is 13.2 Å². The van der Waals surface area contributed by atoms with Gasteiger partial charge in [0.1, 0.15) is 13.2 Å². The number of fused-ring (bicyclic) bond motifs is 1. The van der Waals surface area contributed by atoms with Crippen molar-refractivity contribution >= 4 is 15.9 Å². The van der Waals surface area contributed by atoms with Gasteiger partial charge in [0.15, 0.2) is 11.5 Å². The molecule has 0 bridgehead atoms. The van der Waals surface area contributed by atoms with Crippen molar-refractivity contribution in [3.8, 4) is 11.5 Å². The fourth-order valence-electron chi connectivity index (χ4n) is 2.44. The van der Waals surface area contributed by atoms with Crippen molar-refractivity contribution in [2.24, 2.45) is 7.05 Å². The Hall–Kier alpha value is -1.53. The van der Waals surface area contributed by atoms with Gasteiger partial charge in [-0.1, -0.05) is 15.9 Å². The summed E-state index contributed by atoms with van der Waals surface area (Å²) in [4.78, 5) is 2.24.